The summed E-state index contributed by atoms with van der Waals surface area (Å²) < 4.78 is 7.03. The van der Waals surface area contributed by atoms with E-state index in [0.29, 0.717) is 5.56 Å². The molecule has 0 saturated carbocycles. The topological polar surface area (TPSA) is 57.0 Å². The summed E-state index contributed by atoms with van der Waals surface area (Å²) in [6.07, 6.45) is 6.73. The number of hydrogen-bond donors (Lipinski definition) is 0. The van der Waals surface area contributed by atoms with Gasteiger partial charge in [-0.1, -0.05) is 12.1 Å². The molecule has 104 valence electrons. The van der Waals surface area contributed by atoms with Gasteiger partial charge in [0.2, 0.25) is 0 Å². The smallest absolute Gasteiger partial charge is 0.338 e. The summed E-state index contributed by atoms with van der Waals surface area (Å²) in [7, 11) is 0. The van der Waals surface area contributed by atoms with E-state index in [9.17, 15) is 4.79 Å². The summed E-state index contributed by atoms with van der Waals surface area (Å²) in [5.74, 6) is -0.353. The van der Waals surface area contributed by atoms with Crippen LogP contribution in [0.5, 0.6) is 0 Å². The fourth-order valence-corrected chi connectivity index (χ4v) is 1.89. The van der Waals surface area contributed by atoms with Crippen LogP contribution in [0.2, 0.25) is 0 Å². The molecule has 0 saturated heterocycles. The quantitative estimate of drug-likeness (QED) is 0.689. The number of carbonyl (C=O) groups is 1. The van der Waals surface area contributed by atoms with Crippen molar-refractivity contribution in [1.82, 2.24) is 14.8 Å². The van der Waals surface area contributed by atoms with Crippen molar-refractivity contribution in [3.05, 3.63) is 78.4 Å². The van der Waals surface area contributed by atoms with E-state index < -0.39 is 0 Å². The van der Waals surface area contributed by atoms with Crippen molar-refractivity contribution in [1.29, 1.82) is 0 Å². The SMILES string of the molecule is O=C(OCc1ccc(-n2cccn2)cc1)c1ccncc1. The molecule has 2 aromatic heterocycles. The van der Waals surface area contributed by atoms with E-state index >= 15 is 0 Å². The number of rotatable bonds is 4. The zero-order valence-corrected chi connectivity index (χ0v) is 11.2. The number of nitrogens with zero attached hydrogens (tertiary/aromatic N) is 3. The van der Waals surface area contributed by atoms with Gasteiger partial charge >= 0.3 is 5.97 Å². The van der Waals surface area contributed by atoms with E-state index in [1.54, 1.807) is 35.4 Å². The van der Waals surface area contributed by atoms with Crippen LogP contribution in [0.3, 0.4) is 0 Å². The lowest BCUT2D eigenvalue weighted by Crippen LogP contribution is -2.05. The van der Waals surface area contributed by atoms with Crippen LogP contribution in [0.15, 0.2) is 67.3 Å². The van der Waals surface area contributed by atoms with Crippen LogP contribution in [0.25, 0.3) is 5.69 Å². The van der Waals surface area contributed by atoms with Gasteiger partial charge in [-0.3, -0.25) is 4.98 Å². The van der Waals surface area contributed by atoms with Gasteiger partial charge in [-0.25, -0.2) is 9.48 Å². The van der Waals surface area contributed by atoms with Crippen molar-refractivity contribution < 1.29 is 9.53 Å². The maximum absolute atomic E-state index is 11.8. The molecule has 0 unspecified atom stereocenters. The number of hydrogen-bond acceptors (Lipinski definition) is 4. The second kappa shape index (κ2) is 6.00. The lowest BCUT2D eigenvalue weighted by Gasteiger charge is -2.06. The van der Waals surface area contributed by atoms with Crippen molar-refractivity contribution in [2.24, 2.45) is 0 Å². The average Bonchev–Trinajstić information content (AvgIpc) is 3.08. The van der Waals surface area contributed by atoms with Crippen LogP contribution in [0, 0.1) is 0 Å². The van der Waals surface area contributed by atoms with Gasteiger partial charge in [0.05, 0.1) is 11.3 Å². The zero-order valence-electron chi connectivity index (χ0n) is 11.2. The first-order valence-corrected chi connectivity index (χ1v) is 6.49. The molecule has 0 atom stereocenters. The Kier molecular flexibility index (Phi) is 3.73. The number of aromatic nitrogens is 3. The second-order valence-electron chi connectivity index (χ2n) is 4.43. The van der Waals surface area contributed by atoms with Crippen LogP contribution in [-0.2, 0) is 11.3 Å². The summed E-state index contributed by atoms with van der Waals surface area (Å²) in [6, 6.07) is 12.8. The Hall–Kier alpha value is -2.95. The molecule has 2 heterocycles. The summed E-state index contributed by atoms with van der Waals surface area (Å²) in [5, 5.41) is 4.16. The van der Waals surface area contributed by atoms with Crippen molar-refractivity contribution >= 4 is 5.97 Å². The Labute approximate surface area is 121 Å². The highest BCUT2D eigenvalue weighted by molar-refractivity contribution is 5.89. The third kappa shape index (κ3) is 3.14. The fraction of sp³-hybridized carbons (Fsp3) is 0.0625. The standard InChI is InChI=1S/C16H13N3O2/c20-16(14-6-9-17-10-7-14)21-12-13-2-4-15(5-3-13)19-11-1-8-18-19/h1-11H,12H2. The molecule has 0 amide bonds. The van der Waals surface area contributed by atoms with Crippen LogP contribution in [0.1, 0.15) is 15.9 Å². The van der Waals surface area contributed by atoms with Crippen LogP contribution >= 0.6 is 0 Å². The van der Waals surface area contributed by atoms with E-state index in [1.807, 2.05) is 36.5 Å². The van der Waals surface area contributed by atoms with Crippen molar-refractivity contribution in [2.75, 3.05) is 0 Å². The molecule has 0 aliphatic heterocycles. The minimum Gasteiger partial charge on any atom is -0.457 e. The molecule has 0 spiro atoms. The average molecular weight is 279 g/mol. The first-order chi connectivity index (χ1) is 10.3. The molecule has 0 fully saturated rings. The number of benzene rings is 1. The maximum atomic E-state index is 11.8. The third-order valence-corrected chi connectivity index (χ3v) is 2.99. The van der Waals surface area contributed by atoms with Crippen molar-refractivity contribution in [3.63, 3.8) is 0 Å². The lowest BCUT2D eigenvalue weighted by molar-refractivity contribution is 0.0472. The Morgan fingerprint density at radius 2 is 1.81 bits per heavy atom. The minimum absolute atomic E-state index is 0.237. The van der Waals surface area contributed by atoms with Gasteiger partial charge in [-0.05, 0) is 35.9 Å². The molecule has 3 rings (SSSR count). The molecule has 0 radical (unpaired) electrons. The molecular weight excluding hydrogens is 266 g/mol. The van der Waals surface area contributed by atoms with E-state index in [0.717, 1.165) is 11.3 Å². The minimum atomic E-state index is -0.353. The largest absolute Gasteiger partial charge is 0.457 e. The normalized spacial score (nSPS) is 10.3. The predicted octanol–water partition coefficient (Wildman–Crippen LogP) is 2.62. The van der Waals surface area contributed by atoms with Crippen LogP contribution in [-0.4, -0.2) is 20.7 Å². The first-order valence-electron chi connectivity index (χ1n) is 6.49. The number of ether oxygens (including phenoxy) is 1. The van der Waals surface area contributed by atoms with Gasteiger partial charge in [0.25, 0.3) is 0 Å². The first kappa shape index (κ1) is 13.1. The Bertz CT molecular complexity index is 707. The second-order valence-corrected chi connectivity index (χ2v) is 4.43. The monoisotopic (exact) mass is 279 g/mol. The molecule has 0 N–H and O–H groups in total. The number of esters is 1. The van der Waals surface area contributed by atoms with Gasteiger partial charge in [-0.15, -0.1) is 0 Å². The number of carbonyl (C=O) groups excluding carboxylic acids is 1. The van der Waals surface area contributed by atoms with Gasteiger partial charge in [0.15, 0.2) is 0 Å². The van der Waals surface area contributed by atoms with Gasteiger partial charge in [-0.2, -0.15) is 5.10 Å². The van der Waals surface area contributed by atoms with Crippen molar-refractivity contribution in [2.45, 2.75) is 6.61 Å². The maximum Gasteiger partial charge on any atom is 0.338 e. The van der Waals surface area contributed by atoms with E-state index in [1.165, 1.54) is 0 Å². The van der Waals surface area contributed by atoms with Gasteiger partial charge in [0.1, 0.15) is 6.61 Å². The molecule has 5 heteroatoms. The zero-order chi connectivity index (χ0) is 14.5. The predicted molar refractivity (Wildman–Crippen MR) is 76.9 cm³/mol. The Balaban J connectivity index is 1.62. The Morgan fingerprint density at radius 1 is 1.05 bits per heavy atom. The summed E-state index contributed by atoms with van der Waals surface area (Å²) >= 11 is 0. The molecule has 0 aliphatic carbocycles. The molecule has 5 nitrogen and oxygen atoms in total. The molecule has 21 heavy (non-hydrogen) atoms. The van der Waals surface area contributed by atoms with Gasteiger partial charge in [0, 0.05) is 24.8 Å². The van der Waals surface area contributed by atoms with E-state index in [4.69, 9.17) is 4.74 Å². The molecule has 0 aliphatic rings. The molecule has 1 aromatic carbocycles. The van der Waals surface area contributed by atoms with E-state index in [2.05, 4.69) is 10.1 Å². The highest BCUT2D eigenvalue weighted by atomic mass is 16.5. The van der Waals surface area contributed by atoms with Crippen molar-refractivity contribution in [3.8, 4) is 5.69 Å². The fourth-order valence-electron chi connectivity index (χ4n) is 1.89. The Morgan fingerprint density at radius 3 is 2.48 bits per heavy atom. The molecule has 0 bridgehead atoms. The molecular formula is C16H13N3O2. The van der Waals surface area contributed by atoms with E-state index in [-0.39, 0.29) is 12.6 Å². The highest BCUT2D eigenvalue weighted by Gasteiger charge is 2.06. The van der Waals surface area contributed by atoms with Gasteiger partial charge < -0.3 is 4.74 Å². The summed E-state index contributed by atoms with van der Waals surface area (Å²) in [4.78, 5) is 15.7. The van der Waals surface area contributed by atoms with Crippen LogP contribution in [0.4, 0.5) is 0 Å². The number of pyridine rings is 1. The highest BCUT2D eigenvalue weighted by Crippen LogP contribution is 2.10. The summed E-state index contributed by atoms with van der Waals surface area (Å²) in [5.41, 5.74) is 2.38. The van der Waals surface area contributed by atoms with Crippen LogP contribution < -0.4 is 0 Å². The third-order valence-electron chi connectivity index (χ3n) is 2.99. The summed E-state index contributed by atoms with van der Waals surface area (Å²) in [6.45, 7) is 0.237. The molecule has 3 aromatic rings. The lowest BCUT2D eigenvalue weighted by atomic mass is 10.2.